The fraction of sp³-hybridized carbons (Fsp3) is 0.545. The van der Waals surface area contributed by atoms with Gasteiger partial charge in [0.25, 0.3) is 5.91 Å². The molecule has 2 fully saturated rings. The number of nitrogens with one attached hydrogen (secondary N) is 2. The van der Waals surface area contributed by atoms with Gasteiger partial charge in [0.2, 0.25) is 11.8 Å². The maximum Gasteiger partial charge on any atom is 0.325 e. The zero-order valence-electron chi connectivity index (χ0n) is 18.6. The van der Waals surface area contributed by atoms with Crippen LogP contribution in [0.2, 0.25) is 5.02 Å². The highest BCUT2D eigenvalue weighted by Gasteiger charge is 2.52. The molecule has 0 radical (unpaired) electrons. The average Bonchev–Trinajstić information content (AvgIpc) is 2.98. The third-order valence-corrected chi connectivity index (χ3v) is 6.55. The van der Waals surface area contributed by atoms with Crippen LogP contribution in [-0.4, -0.2) is 66.3 Å². The highest BCUT2D eigenvalue weighted by atomic mass is 35.5. The Morgan fingerprint density at radius 3 is 2.62 bits per heavy atom. The Hall–Kier alpha value is -2.81. The minimum absolute atomic E-state index is 0.262. The zero-order valence-corrected chi connectivity index (χ0v) is 19.3. The summed E-state index contributed by atoms with van der Waals surface area (Å²) in [7, 11) is 2.91. The summed E-state index contributed by atoms with van der Waals surface area (Å²) in [6.07, 6.45) is 3.96. The van der Waals surface area contributed by atoms with Crippen molar-refractivity contribution in [1.82, 2.24) is 15.1 Å². The molecule has 1 aliphatic carbocycles. The van der Waals surface area contributed by atoms with Gasteiger partial charge in [0.1, 0.15) is 17.8 Å². The number of amides is 5. The number of anilines is 1. The van der Waals surface area contributed by atoms with Crippen LogP contribution in [0.5, 0.6) is 5.75 Å². The number of ether oxygens (including phenoxy) is 1. The minimum Gasteiger partial charge on any atom is -0.495 e. The number of rotatable bonds is 7. The fourth-order valence-corrected chi connectivity index (χ4v) is 4.44. The number of carbonyl (C=O) groups is 4. The average molecular weight is 465 g/mol. The summed E-state index contributed by atoms with van der Waals surface area (Å²) < 4.78 is 5.19. The molecular formula is C22H29ClN4O5. The molecule has 1 aromatic rings. The van der Waals surface area contributed by atoms with E-state index in [1.54, 1.807) is 18.2 Å². The number of urea groups is 1. The van der Waals surface area contributed by atoms with Crippen LogP contribution in [0.4, 0.5) is 10.5 Å². The molecule has 0 bridgehead atoms. The van der Waals surface area contributed by atoms with Gasteiger partial charge < -0.3 is 20.3 Å². The highest BCUT2D eigenvalue weighted by Crippen LogP contribution is 2.37. The lowest BCUT2D eigenvalue weighted by atomic mass is 9.75. The smallest absolute Gasteiger partial charge is 0.325 e. The molecule has 2 aliphatic rings. The molecule has 3 rings (SSSR count). The maximum atomic E-state index is 13.0. The van der Waals surface area contributed by atoms with Gasteiger partial charge in [0.05, 0.1) is 19.3 Å². The largest absolute Gasteiger partial charge is 0.495 e. The van der Waals surface area contributed by atoms with E-state index in [1.807, 2.05) is 0 Å². The maximum absolute atomic E-state index is 13.0. The normalized spacial score (nSPS) is 22.6. The topological polar surface area (TPSA) is 108 Å². The third kappa shape index (κ3) is 4.98. The summed E-state index contributed by atoms with van der Waals surface area (Å²) in [6, 6.07) is 4.24. The van der Waals surface area contributed by atoms with Crippen LogP contribution in [0, 0.1) is 5.92 Å². The van der Waals surface area contributed by atoms with Crippen molar-refractivity contribution in [2.45, 2.75) is 44.6 Å². The van der Waals surface area contributed by atoms with Crippen molar-refractivity contribution in [2.75, 3.05) is 32.6 Å². The first kappa shape index (κ1) is 23.8. The first-order valence-electron chi connectivity index (χ1n) is 10.7. The molecule has 32 heavy (non-hydrogen) atoms. The second-order valence-corrected chi connectivity index (χ2v) is 8.83. The molecule has 9 nitrogen and oxygen atoms in total. The van der Waals surface area contributed by atoms with Gasteiger partial charge in [0.15, 0.2) is 0 Å². The van der Waals surface area contributed by atoms with Gasteiger partial charge in [-0.2, -0.15) is 0 Å². The van der Waals surface area contributed by atoms with Gasteiger partial charge >= 0.3 is 6.03 Å². The summed E-state index contributed by atoms with van der Waals surface area (Å²) in [5.41, 5.74) is -0.521. The van der Waals surface area contributed by atoms with Crippen molar-refractivity contribution in [3.63, 3.8) is 0 Å². The van der Waals surface area contributed by atoms with Gasteiger partial charge in [-0.3, -0.25) is 19.3 Å². The van der Waals surface area contributed by atoms with Crippen LogP contribution in [0.15, 0.2) is 18.2 Å². The first-order valence-corrected chi connectivity index (χ1v) is 11.1. The van der Waals surface area contributed by atoms with Crippen LogP contribution >= 0.6 is 11.6 Å². The van der Waals surface area contributed by atoms with Crippen LogP contribution in [0.3, 0.4) is 0 Å². The molecule has 5 amide bonds. The van der Waals surface area contributed by atoms with Crippen LogP contribution in [0.1, 0.15) is 39.0 Å². The second kappa shape index (κ2) is 9.77. The number of benzene rings is 1. The molecule has 1 saturated carbocycles. The molecular weight excluding hydrogens is 436 g/mol. The second-order valence-electron chi connectivity index (χ2n) is 8.40. The van der Waals surface area contributed by atoms with Crippen molar-refractivity contribution in [3.8, 4) is 5.75 Å². The van der Waals surface area contributed by atoms with Crippen LogP contribution in [0.25, 0.3) is 0 Å². The van der Waals surface area contributed by atoms with Crippen molar-refractivity contribution < 1.29 is 23.9 Å². The molecule has 1 aliphatic heterocycles. The number of hydrogen-bond acceptors (Lipinski definition) is 5. The van der Waals surface area contributed by atoms with Gasteiger partial charge in [0, 0.05) is 12.1 Å². The molecule has 0 unspecified atom stereocenters. The number of halogens is 1. The van der Waals surface area contributed by atoms with Crippen molar-refractivity contribution in [1.29, 1.82) is 0 Å². The standard InChI is InChI=1S/C22H29ClN4O5/c1-4-14-7-9-22(10-8-14)20(30)27(21(31)25-22)13-19(29)26(2)12-18(28)24-16-11-15(23)5-6-17(16)32-3/h5-6,11,14H,4,7-10,12-13H2,1-3H3,(H,24,28)(H,25,31). The Balaban J connectivity index is 1.57. The minimum atomic E-state index is -0.901. The van der Waals surface area contributed by atoms with E-state index in [2.05, 4.69) is 17.6 Å². The fourth-order valence-electron chi connectivity index (χ4n) is 4.26. The van der Waals surface area contributed by atoms with E-state index in [1.165, 1.54) is 19.1 Å². The number of hydrogen-bond donors (Lipinski definition) is 2. The van der Waals surface area contributed by atoms with Gasteiger partial charge in [-0.15, -0.1) is 0 Å². The Labute approximate surface area is 192 Å². The summed E-state index contributed by atoms with van der Waals surface area (Å²) in [4.78, 5) is 52.6. The monoisotopic (exact) mass is 464 g/mol. The molecule has 1 spiro atoms. The number of likely N-dealkylation sites (N-methyl/N-ethyl adjacent to an activating group) is 1. The lowest BCUT2D eigenvalue weighted by molar-refractivity contribution is -0.140. The van der Waals surface area contributed by atoms with E-state index >= 15 is 0 Å². The molecule has 1 heterocycles. The van der Waals surface area contributed by atoms with E-state index < -0.39 is 29.9 Å². The van der Waals surface area contributed by atoms with Gasteiger partial charge in [-0.1, -0.05) is 24.9 Å². The van der Waals surface area contributed by atoms with Gasteiger partial charge in [-0.25, -0.2) is 4.79 Å². The molecule has 0 aromatic heterocycles. The van der Waals surface area contributed by atoms with E-state index in [9.17, 15) is 19.2 Å². The number of imide groups is 1. The summed E-state index contributed by atoms with van der Waals surface area (Å²) in [6.45, 7) is 1.45. The van der Waals surface area contributed by atoms with E-state index in [-0.39, 0.29) is 12.5 Å². The summed E-state index contributed by atoms with van der Waals surface area (Å²) >= 11 is 5.97. The predicted molar refractivity (Wildman–Crippen MR) is 119 cm³/mol. The zero-order chi connectivity index (χ0) is 23.5. The predicted octanol–water partition coefficient (Wildman–Crippen LogP) is 2.64. The van der Waals surface area contributed by atoms with Gasteiger partial charge in [-0.05, 0) is 49.8 Å². The van der Waals surface area contributed by atoms with Crippen molar-refractivity contribution in [3.05, 3.63) is 23.2 Å². The lowest BCUT2D eigenvalue weighted by Crippen LogP contribution is -2.50. The number of methoxy groups -OCH3 is 1. The number of carbonyl (C=O) groups excluding carboxylic acids is 4. The Morgan fingerprint density at radius 2 is 2.00 bits per heavy atom. The lowest BCUT2D eigenvalue weighted by Gasteiger charge is -2.34. The highest BCUT2D eigenvalue weighted by molar-refractivity contribution is 6.31. The first-order chi connectivity index (χ1) is 15.2. The summed E-state index contributed by atoms with van der Waals surface area (Å²) in [5, 5.41) is 5.89. The van der Waals surface area contributed by atoms with E-state index in [0.29, 0.717) is 35.2 Å². The quantitative estimate of drug-likeness (QED) is 0.603. The molecule has 1 aromatic carbocycles. The molecule has 0 atom stereocenters. The Morgan fingerprint density at radius 1 is 1.31 bits per heavy atom. The van der Waals surface area contributed by atoms with Crippen molar-refractivity contribution in [2.24, 2.45) is 5.92 Å². The van der Waals surface area contributed by atoms with Crippen LogP contribution < -0.4 is 15.4 Å². The SMILES string of the molecule is CCC1CCC2(CC1)NC(=O)N(CC(=O)N(C)CC(=O)Nc1cc(Cl)ccc1OC)C2=O. The molecule has 2 N–H and O–H groups in total. The van der Waals surface area contributed by atoms with E-state index in [4.69, 9.17) is 16.3 Å². The Kier molecular flexibility index (Phi) is 7.28. The Bertz CT molecular complexity index is 914. The van der Waals surface area contributed by atoms with Crippen LogP contribution in [-0.2, 0) is 14.4 Å². The third-order valence-electron chi connectivity index (χ3n) is 6.32. The summed E-state index contributed by atoms with van der Waals surface area (Å²) in [5.74, 6) is -0.344. The molecule has 10 heteroatoms. The molecule has 174 valence electrons. The van der Waals surface area contributed by atoms with Crippen molar-refractivity contribution >= 4 is 41.0 Å². The van der Waals surface area contributed by atoms with E-state index in [0.717, 1.165) is 24.2 Å². The molecule has 1 saturated heterocycles. The number of nitrogens with zero attached hydrogens (tertiary/aromatic N) is 2.